The van der Waals surface area contributed by atoms with E-state index in [1.807, 2.05) is 48.8 Å². The molecule has 0 spiro atoms. The van der Waals surface area contributed by atoms with Crippen molar-refractivity contribution in [3.63, 3.8) is 0 Å². The van der Waals surface area contributed by atoms with Gasteiger partial charge in [0.1, 0.15) is 5.65 Å². The number of hydrogen-bond acceptors (Lipinski definition) is 4. The quantitative estimate of drug-likeness (QED) is 0.563. The third kappa shape index (κ3) is 5.51. The smallest absolute Gasteiger partial charge is 0.244 e. The van der Waals surface area contributed by atoms with Crippen LogP contribution in [0.3, 0.4) is 0 Å². The van der Waals surface area contributed by atoms with Gasteiger partial charge in [-0.1, -0.05) is 17.7 Å². The average molecular weight is 414 g/mol. The zero-order valence-electron chi connectivity index (χ0n) is 16.7. The molecule has 0 saturated heterocycles. The van der Waals surface area contributed by atoms with Crippen LogP contribution in [0.1, 0.15) is 25.1 Å². The molecule has 29 heavy (non-hydrogen) atoms. The summed E-state index contributed by atoms with van der Waals surface area (Å²) in [6.07, 6.45) is 7.70. The van der Waals surface area contributed by atoms with Gasteiger partial charge in [-0.05, 0) is 49.8 Å². The number of amides is 1. The van der Waals surface area contributed by atoms with Crippen molar-refractivity contribution in [2.75, 3.05) is 13.7 Å². The standard InChI is InChI=1S/C22H24ClN3O3/c1-15(2)29-22-18(23)12-16(13-19(22)28-3)7-8-21(27)24-10-9-17-14-26-11-5-4-6-20(26)25-17/h4-8,11-15H,9-10H2,1-3H3,(H,24,27)/b8-7+. The van der Waals surface area contributed by atoms with E-state index in [1.54, 1.807) is 25.3 Å². The second kappa shape index (κ2) is 9.47. The van der Waals surface area contributed by atoms with E-state index in [0.717, 1.165) is 16.9 Å². The van der Waals surface area contributed by atoms with Crippen LogP contribution >= 0.6 is 11.6 Å². The first-order valence-electron chi connectivity index (χ1n) is 9.39. The summed E-state index contributed by atoms with van der Waals surface area (Å²) >= 11 is 6.31. The minimum atomic E-state index is -0.189. The van der Waals surface area contributed by atoms with Crippen LogP contribution in [-0.4, -0.2) is 35.1 Å². The zero-order valence-corrected chi connectivity index (χ0v) is 17.4. The lowest BCUT2D eigenvalue weighted by atomic mass is 10.2. The second-order valence-corrected chi connectivity index (χ2v) is 7.18. The number of methoxy groups -OCH3 is 1. The monoisotopic (exact) mass is 413 g/mol. The van der Waals surface area contributed by atoms with Gasteiger partial charge in [-0.2, -0.15) is 0 Å². The Morgan fingerprint density at radius 2 is 2.17 bits per heavy atom. The van der Waals surface area contributed by atoms with E-state index in [4.69, 9.17) is 21.1 Å². The van der Waals surface area contributed by atoms with Crippen molar-refractivity contribution < 1.29 is 14.3 Å². The van der Waals surface area contributed by atoms with Crippen LogP contribution < -0.4 is 14.8 Å². The van der Waals surface area contributed by atoms with Crippen LogP contribution in [0.25, 0.3) is 11.7 Å². The first kappa shape index (κ1) is 20.7. The normalized spacial score (nSPS) is 11.3. The summed E-state index contributed by atoms with van der Waals surface area (Å²) in [5.41, 5.74) is 2.57. The molecule has 0 fully saturated rings. The highest BCUT2D eigenvalue weighted by Crippen LogP contribution is 2.37. The topological polar surface area (TPSA) is 64.9 Å². The Bertz CT molecular complexity index is 994. The van der Waals surface area contributed by atoms with Crippen LogP contribution in [0.5, 0.6) is 11.5 Å². The summed E-state index contributed by atoms with van der Waals surface area (Å²) in [6, 6.07) is 9.36. The van der Waals surface area contributed by atoms with Crippen LogP contribution in [0.2, 0.25) is 5.02 Å². The average Bonchev–Trinajstić information content (AvgIpc) is 3.10. The van der Waals surface area contributed by atoms with Gasteiger partial charge in [0.2, 0.25) is 5.91 Å². The molecule has 1 aromatic carbocycles. The van der Waals surface area contributed by atoms with Gasteiger partial charge in [-0.15, -0.1) is 0 Å². The summed E-state index contributed by atoms with van der Waals surface area (Å²) in [5.74, 6) is 0.836. The maximum absolute atomic E-state index is 12.1. The Morgan fingerprint density at radius 3 is 2.90 bits per heavy atom. The first-order valence-corrected chi connectivity index (χ1v) is 9.77. The summed E-state index contributed by atoms with van der Waals surface area (Å²) in [4.78, 5) is 16.6. The lowest BCUT2D eigenvalue weighted by Crippen LogP contribution is -2.23. The largest absolute Gasteiger partial charge is 0.493 e. The van der Waals surface area contributed by atoms with Gasteiger partial charge in [-0.25, -0.2) is 4.98 Å². The van der Waals surface area contributed by atoms with E-state index in [0.29, 0.717) is 29.5 Å². The van der Waals surface area contributed by atoms with Crippen molar-refractivity contribution >= 4 is 29.2 Å². The predicted octanol–water partition coefficient (Wildman–Crippen LogP) is 4.16. The molecule has 3 rings (SSSR count). The molecule has 0 bridgehead atoms. The molecule has 0 aliphatic rings. The molecule has 7 heteroatoms. The number of ether oxygens (including phenoxy) is 2. The molecule has 0 atom stereocenters. The Kier molecular flexibility index (Phi) is 6.77. The maximum atomic E-state index is 12.1. The van der Waals surface area contributed by atoms with Crippen molar-refractivity contribution in [2.45, 2.75) is 26.4 Å². The van der Waals surface area contributed by atoms with Gasteiger partial charge < -0.3 is 19.2 Å². The number of aromatic nitrogens is 2. The molecule has 152 valence electrons. The fraction of sp³-hybridized carbons (Fsp3) is 0.273. The van der Waals surface area contributed by atoms with Gasteiger partial charge in [-0.3, -0.25) is 4.79 Å². The van der Waals surface area contributed by atoms with Crippen LogP contribution in [0.15, 0.2) is 48.8 Å². The molecule has 0 saturated carbocycles. The fourth-order valence-corrected chi connectivity index (χ4v) is 3.10. The first-order chi connectivity index (χ1) is 14.0. The highest BCUT2D eigenvalue weighted by Gasteiger charge is 2.12. The number of hydrogen-bond donors (Lipinski definition) is 1. The lowest BCUT2D eigenvalue weighted by Gasteiger charge is -2.15. The number of imidazole rings is 1. The zero-order chi connectivity index (χ0) is 20.8. The molecular formula is C22H24ClN3O3. The van der Waals surface area contributed by atoms with Crippen molar-refractivity contribution in [1.29, 1.82) is 0 Å². The van der Waals surface area contributed by atoms with Crippen molar-refractivity contribution in [3.8, 4) is 11.5 Å². The van der Waals surface area contributed by atoms with E-state index < -0.39 is 0 Å². The number of fused-ring (bicyclic) bond motifs is 1. The number of rotatable bonds is 8. The second-order valence-electron chi connectivity index (χ2n) is 6.77. The molecule has 2 heterocycles. The minimum Gasteiger partial charge on any atom is -0.493 e. The number of carbonyl (C=O) groups excluding carboxylic acids is 1. The number of halogens is 1. The van der Waals surface area contributed by atoms with Gasteiger partial charge in [0, 0.05) is 31.4 Å². The van der Waals surface area contributed by atoms with Gasteiger partial charge >= 0.3 is 0 Å². The summed E-state index contributed by atoms with van der Waals surface area (Å²) in [7, 11) is 1.55. The molecule has 1 amide bonds. The van der Waals surface area contributed by atoms with Crippen molar-refractivity contribution in [2.24, 2.45) is 0 Å². The fourth-order valence-electron chi connectivity index (χ4n) is 2.84. The Balaban J connectivity index is 1.57. The van der Waals surface area contributed by atoms with Crippen LogP contribution in [0, 0.1) is 0 Å². The van der Waals surface area contributed by atoms with Gasteiger partial charge in [0.05, 0.1) is 23.9 Å². The van der Waals surface area contributed by atoms with E-state index in [9.17, 15) is 4.79 Å². The molecule has 1 N–H and O–H groups in total. The molecule has 0 aliphatic carbocycles. The third-order valence-corrected chi connectivity index (χ3v) is 4.41. The summed E-state index contributed by atoms with van der Waals surface area (Å²) < 4.78 is 13.0. The lowest BCUT2D eigenvalue weighted by molar-refractivity contribution is -0.116. The minimum absolute atomic E-state index is 0.0264. The van der Waals surface area contributed by atoms with Crippen molar-refractivity contribution in [3.05, 3.63) is 65.1 Å². The number of pyridine rings is 1. The van der Waals surface area contributed by atoms with Crippen LogP contribution in [0.4, 0.5) is 0 Å². The molecule has 6 nitrogen and oxygen atoms in total. The van der Waals surface area contributed by atoms with E-state index in [-0.39, 0.29) is 12.0 Å². The molecular weight excluding hydrogens is 390 g/mol. The predicted molar refractivity (Wildman–Crippen MR) is 115 cm³/mol. The number of nitrogens with one attached hydrogen (secondary N) is 1. The highest BCUT2D eigenvalue weighted by atomic mass is 35.5. The van der Waals surface area contributed by atoms with E-state index in [2.05, 4.69) is 10.3 Å². The third-order valence-electron chi connectivity index (χ3n) is 4.13. The molecule has 0 aliphatic heterocycles. The van der Waals surface area contributed by atoms with E-state index >= 15 is 0 Å². The Labute approximate surface area is 175 Å². The number of benzene rings is 1. The maximum Gasteiger partial charge on any atom is 0.244 e. The van der Waals surface area contributed by atoms with Crippen molar-refractivity contribution in [1.82, 2.24) is 14.7 Å². The van der Waals surface area contributed by atoms with Crippen LogP contribution in [-0.2, 0) is 11.2 Å². The summed E-state index contributed by atoms with van der Waals surface area (Å²) in [5, 5.41) is 3.30. The number of nitrogens with zero attached hydrogens (tertiary/aromatic N) is 2. The van der Waals surface area contributed by atoms with Gasteiger partial charge in [0.25, 0.3) is 0 Å². The molecule has 3 aromatic rings. The molecule has 0 unspecified atom stereocenters. The SMILES string of the molecule is COc1cc(/C=C/C(=O)NCCc2cn3ccccc3n2)cc(Cl)c1OC(C)C. The van der Waals surface area contributed by atoms with E-state index in [1.165, 1.54) is 6.08 Å². The molecule has 0 radical (unpaired) electrons. The highest BCUT2D eigenvalue weighted by molar-refractivity contribution is 6.32. The molecule has 2 aromatic heterocycles. The Hall–Kier alpha value is -2.99. The Morgan fingerprint density at radius 1 is 1.34 bits per heavy atom. The summed E-state index contributed by atoms with van der Waals surface area (Å²) in [6.45, 7) is 4.33. The number of carbonyl (C=O) groups is 1. The van der Waals surface area contributed by atoms with Gasteiger partial charge in [0.15, 0.2) is 11.5 Å².